The Kier molecular flexibility index (Phi) is 6.90. The summed E-state index contributed by atoms with van der Waals surface area (Å²) >= 11 is 0. The first-order valence-electron chi connectivity index (χ1n) is 6.43. The van der Waals surface area contributed by atoms with Crippen LogP contribution >= 0.6 is 0 Å². The van der Waals surface area contributed by atoms with Crippen molar-refractivity contribution in [2.45, 2.75) is 52.0 Å². The Morgan fingerprint density at radius 2 is 2.12 bits per heavy atom. The van der Waals surface area contributed by atoms with Gasteiger partial charge in [0.25, 0.3) is 0 Å². The first-order chi connectivity index (χ1) is 7.86. The number of unbranched alkanes of at least 4 members (excludes halogenated alkanes) is 1. The van der Waals surface area contributed by atoms with Gasteiger partial charge in [0.15, 0.2) is 0 Å². The molecule has 1 rings (SSSR count). The molecule has 0 bridgehead atoms. The second kappa shape index (κ2) is 8.34. The summed E-state index contributed by atoms with van der Waals surface area (Å²) in [6.07, 6.45) is 12.9. The molecule has 3 nitrogen and oxygen atoms in total. The number of aliphatic hydroxyl groups is 1. The molecule has 0 unspecified atom stereocenters. The summed E-state index contributed by atoms with van der Waals surface area (Å²) in [6, 6.07) is 0. The van der Waals surface area contributed by atoms with Gasteiger partial charge in [0.05, 0.1) is 6.33 Å². The van der Waals surface area contributed by atoms with Gasteiger partial charge in [-0.15, -0.1) is 0 Å². The predicted octanol–water partition coefficient (Wildman–Crippen LogP) is 2.85. The zero-order valence-electron chi connectivity index (χ0n) is 10.3. The van der Waals surface area contributed by atoms with Crippen LogP contribution in [0.3, 0.4) is 0 Å². The molecule has 1 aromatic heterocycles. The minimum absolute atomic E-state index is 0.339. The van der Waals surface area contributed by atoms with E-state index in [1.807, 2.05) is 18.7 Å². The summed E-state index contributed by atoms with van der Waals surface area (Å²) in [4.78, 5) is 4.02. The van der Waals surface area contributed by atoms with E-state index in [9.17, 15) is 0 Å². The third kappa shape index (κ3) is 5.31. The van der Waals surface area contributed by atoms with Crippen LogP contribution in [0.4, 0.5) is 0 Å². The maximum atomic E-state index is 8.96. The zero-order valence-corrected chi connectivity index (χ0v) is 10.3. The highest BCUT2D eigenvalue weighted by atomic mass is 16.3. The third-order valence-electron chi connectivity index (χ3n) is 3.07. The van der Waals surface area contributed by atoms with E-state index in [2.05, 4.69) is 16.5 Å². The summed E-state index contributed by atoms with van der Waals surface area (Å²) in [5.74, 6) is 0.720. The quantitative estimate of drug-likeness (QED) is 0.655. The molecular formula is C13H24N2O. The van der Waals surface area contributed by atoms with E-state index >= 15 is 0 Å². The second-order valence-electron chi connectivity index (χ2n) is 4.46. The largest absolute Gasteiger partial charge is 0.396 e. The molecule has 16 heavy (non-hydrogen) atoms. The third-order valence-corrected chi connectivity index (χ3v) is 3.07. The lowest BCUT2D eigenvalue weighted by Gasteiger charge is -2.14. The van der Waals surface area contributed by atoms with Crippen molar-refractivity contribution in [2.24, 2.45) is 5.92 Å². The van der Waals surface area contributed by atoms with Gasteiger partial charge >= 0.3 is 0 Å². The maximum Gasteiger partial charge on any atom is 0.0945 e. The Labute approximate surface area is 98.5 Å². The number of rotatable bonds is 9. The average Bonchev–Trinajstić information content (AvgIpc) is 2.78. The van der Waals surface area contributed by atoms with Crippen molar-refractivity contribution in [3.8, 4) is 0 Å². The molecule has 1 aromatic rings. The number of hydrogen-bond donors (Lipinski definition) is 1. The van der Waals surface area contributed by atoms with E-state index in [0.717, 1.165) is 18.9 Å². The van der Waals surface area contributed by atoms with E-state index in [1.165, 1.54) is 32.1 Å². The van der Waals surface area contributed by atoms with Crippen LogP contribution in [0.15, 0.2) is 18.7 Å². The molecule has 1 atom stereocenters. The SMILES string of the molecule is CCC[C@@H](CCO)CCCCn1ccnc1. The smallest absolute Gasteiger partial charge is 0.0945 e. The van der Waals surface area contributed by atoms with Gasteiger partial charge in [-0.05, 0) is 18.8 Å². The van der Waals surface area contributed by atoms with Crippen molar-refractivity contribution in [3.05, 3.63) is 18.7 Å². The van der Waals surface area contributed by atoms with Gasteiger partial charge in [-0.3, -0.25) is 0 Å². The first-order valence-corrected chi connectivity index (χ1v) is 6.43. The van der Waals surface area contributed by atoms with Crippen molar-refractivity contribution >= 4 is 0 Å². The molecule has 0 saturated carbocycles. The van der Waals surface area contributed by atoms with E-state index in [-0.39, 0.29) is 0 Å². The molecule has 0 aliphatic carbocycles. The van der Waals surface area contributed by atoms with Gasteiger partial charge in [0.2, 0.25) is 0 Å². The monoisotopic (exact) mass is 224 g/mol. The molecular weight excluding hydrogens is 200 g/mol. The second-order valence-corrected chi connectivity index (χ2v) is 4.46. The molecule has 3 heteroatoms. The van der Waals surface area contributed by atoms with Crippen molar-refractivity contribution in [2.75, 3.05) is 6.61 Å². The van der Waals surface area contributed by atoms with Crippen LogP contribution in [0.2, 0.25) is 0 Å². The number of aromatic nitrogens is 2. The molecule has 0 aliphatic heterocycles. The van der Waals surface area contributed by atoms with E-state index in [4.69, 9.17) is 5.11 Å². The van der Waals surface area contributed by atoms with Gasteiger partial charge in [-0.25, -0.2) is 4.98 Å². The Balaban J connectivity index is 2.08. The lowest BCUT2D eigenvalue weighted by molar-refractivity contribution is 0.243. The van der Waals surface area contributed by atoms with Crippen LogP contribution in [0, 0.1) is 5.92 Å². The standard InChI is InChI=1S/C13H24N2O/c1-2-5-13(7-11-16)6-3-4-9-15-10-8-14-12-15/h8,10,12-13,16H,2-7,9,11H2,1H3/t13-/m1/s1. The maximum absolute atomic E-state index is 8.96. The molecule has 0 amide bonds. The molecule has 1 heterocycles. The predicted molar refractivity (Wildman–Crippen MR) is 66.2 cm³/mol. The molecule has 0 aliphatic rings. The van der Waals surface area contributed by atoms with Gasteiger partial charge in [0, 0.05) is 25.5 Å². The van der Waals surface area contributed by atoms with Crippen LogP contribution in [0.1, 0.15) is 45.4 Å². The zero-order chi connectivity index (χ0) is 11.6. The summed E-state index contributed by atoms with van der Waals surface area (Å²) in [5.41, 5.74) is 0. The molecule has 0 spiro atoms. The lowest BCUT2D eigenvalue weighted by Crippen LogP contribution is -2.04. The Hall–Kier alpha value is -0.830. The fourth-order valence-corrected chi connectivity index (χ4v) is 2.17. The topological polar surface area (TPSA) is 38.0 Å². The number of hydrogen-bond acceptors (Lipinski definition) is 2. The van der Waals surface area contributed by atoms with Gasteiger partial charge in [-0.1, -0.05) is 32.6 Å². The van der Waals surface area contributed by atoms with Gasteiger partial charge < -0.3 is 9.67 Å². The summed E-state index contributed by atoms with van der Waals surface area (Å²) in [5, 5.41) is 8.96. The Morgan fingerprint density at radius 1 is 1.25 bits per heavy atom. The molecule has 0 fully saturated rings. The van der Waals surface area contributed by atoms with Crippen molar-refractivity contribution in [1.82, 2.24) is 9.55 Å². The lowest BCUT2D eigenvalue weighted by atomic mass is 9.94. The van der Waals surface area contributed by atoms with Gasteiger partial charge in [0.1, 0.15) is 0 Å². The number of imidazole rings is 1. The highest BCUT2D eigenvalue weighted by molar-refractivity contribution is 4.73. The molecule has 0 radical (unpaired) electrons. The molecule has 1 N–H and O–H groups in total. The Morgan fingerprint density at radius 3 is 2.75 bits per heavy atom. The Bertz CT molecular complexity index is 240. The van der Waals surface area contributed by atoms with Crippen molar-refractivity contribution in [1.29, 1.82) is 0 Å². The summed E-state index contributed by atoms with van der Waals surface area (Å²) in [7, 11) is 0. The number of aliphatic hydroxyl groups excluding tert-OH is 1. The molecule has 0 saturated heterocycles. The van der Waals surface area contributed by atoms with Crippen LogP contribution in [-0.2, 0) is 6.54 Å². The van der Waals surface area contributed by atoms with E-state index in [0.29, 0.717) is 6.61 Å². The average molecular weight is 224 g/mol. The minimum Gasteiger partial charge on any atom is -0.396 e. The fraction of sp³-hybridized carbons (Fsp3) is 0.769. The summed E-state index contributed by atoms with van der Waals surface area (Å²) in [6.45, 7) is 3.63. The first kappa shape index (κ1) is 13.2. The van der Waals surface area contributed by atoms with Crippen molar-refractivity contribution in [3.63, 3.8) is 0 Å². The minimum atomic E-state index is 0.339. The molecule has 0 aromatic carbocycles. The summed E-state index contributed by atoms with van der Waals surface area (Å²) < 4.78 is 2.13. The molecule has 92 valence electrons. The van der Waals surface area contributed by atoms with Gasteiger partial charge in [-0.2, -0.15) is 0 Å². The van der Waals surface area contributed by atoms with Crippen LogP contribution in [0.5, 0.6) is 0 Å². The van der Waals surface area contributed by atoms with Crippen LogP contribution in [-0.4, -0.2) is 21.3 Å². The van der Waals surface area contributed by atoms with E-state index < -0.39 is 0 Å². The highest BCUT2D eigenvalue weighted by Gasteiger charge is 2.06. The normalized spacial score (nSPS) is 12.9. The number of aryl methyl sites for hydroxylation is 1. The van der Waals surface area contributed by atoms with Crippen LogP contribution < -0.4 is 0 Å². The van der Waals surface area contributed by atoms with E-state index in [1.54, 1.807) is 0 Å². The van der Waals surface area contributed by atoms with Crippen molar-refractivity contribution < 1.29 is 5.11 Å². The highest BCUT2D eigenvalue weighted by Crippen LogP contribution is 2.18. The van der Waals surface area contributed by atoms with Crippen LogP contribution in [0.25, 0.3) is 0 Å². The fourth-order valence-electron chi connectivity index (χ4n) is 2.17. The number of nitrogens with zero attached hydrogens (tertiary/aromatic N) is 2.